The fraction of sp³-hybridized carbons (Fsp3) is 0. The molecule has 14 aromatic rings. The Morgan fingerprint density at radius 2 is 0.522 bits per heavy atom. The highest BCUT2D eigenvalue weighted by atomic mass is 15.2. The normalized spacial score (nSPS) is 11.8. The first-order valence-electron chi connectivity index (χ1n) is 23.8. The molecule has 0 unspecified atom stereocenters. The lowest BCUT2D eigenvalue weighted by molar-refractivity contribution is 1.18. The molecule has 0 radical (unpaired) electrons. The molecule has 69 heavy (non-hydrogen) atoms. The van der Waals surface area contributed by atoms with Gasteiger partial charge in [-0.3, -0.25) is 0 Å². The predicted octanol–water partition coefficient (Wildman–Crippen LogP) is 18.6. The van der Waals surface area contributed by atoms with Gasteiger partial charge in [0.05, 0.1) is 33.8 Å². The van der Waals surface area contributed by atoms with Crippen molar-refractivity contribution >= 4 is 121 Å². The lowest BCUT2D eigenvalue weighted by Gasteiger charge is -2.29. The number of nitrogens with zero attached hydrogens (tertiary/aromatic N) is 3. The third-order valence-corrected chi connectivity index (χ3v) is 14.2. The summed E-state index contributed by atoms with van der Waals surface area (Å²) in [7, 11) is 0. The van der Waals surface area contributed by atoms with Gasteiger partial charge in [0.15, 0.2) is 0 Å². The Hall–Kier alpha value is -9.18. The van der Waals surface area contributed by atoms with Gasteiger partial charge in [-0.05, 0) is 104 Å². The van der Waals surface area contributed by atoms with Crippen molar-refractivity contribution in [2.24, 2.45) is 0 Å². The zero-order chi connectivity index (χ0) is 45.4. The first-order valence-corrected chi connectivity index (χ1v) is 23.8. The average molecular weight is 878 g/mol. The van der Waals surface area contributed by atoms with Crippen LogP contribution in [-0.2, 0) is 0 Å². The number of hydrogen-bond donors (Lipinski definition) is 0. The summed E-state index contributed by atoms with van der Waals surface area (Å²) in [5.74, 6) is 0. The van der Waals surface area contributed by atoms with Crippen molar-refractivity contribution in [2.45, 2.75) is 0 Å². The Kier molecular flexibility index (Phi) is 8.90. The highest BCUT2D eigenvalue weighted by molar-refractivity contribution is 6.32. The molecule has 322 valence electrons. The maximum atomic E-state index is 2.51. The minimum absolute atomic E-state index is 1.10. The van der Waals surface area contributed by atoms with Gasteiger partial charge >= 0.3 is 0 Å². The molecule has 0 aliphatic carbocycles. The number of benzene rings is 13. The second-order valence-corrected chi connectivity index (χ2v) is 18.0. The molecule has 0 aliphatic heterocycles. The van der Waals surface area contributed by atoms with Crippen LogP contribution in [0.2, 0.25) is 0 Å². The van der Waals surface area contributed by atoms with Gasteiger partial charge < -0.3 is 14.4 Å². The second-order valence-electron chi connectivity index (χ2n) is 18.0. The monoisotopic (exact) mass is 877 g/mol. The van der Waals surface area contributed by atoms with Crippen LogP contribution in [0.4, 0.5) is 34.1 Å². The summed E-state index contributed by atoms with van der Waals surface area (Å²) in [6.45, 7) is 0. The van der Waals surface area contributed by atoms with E-state index in [0.29, 0.717) is 0 Å². The molecule has 0 fully saturated rings. The van der Waals surface area contributed by atoms with Crippen molar-refractivity contribution in [1.82, 2.24) is 4.57 Å². The molecule has 1 aromatic heterocycles. The molecule has 0 atom stereocenters. The van der Waals surface area contributed by atoms with E-state index in [1.165, 1.54) is 75.4 Å². The summed E-state index contributed by atoms with van der Waals surface area (Å²) >= 11 is 0. The molecule has 1 heterocycles. The number of fused-ring (bicyclic) bond motifs is 13. The van der Waals surface area contributed by atoms with Crippen molar-refractivity contribution in [3.63, 3.8) is 0 Å². The van der Waals surface area contributed by atoms with Crippen LogP contribution in [0.25, 0.3) is 92.1 Å². The van der Waals surface area contributed by atoms with E-state index in [0.717, 1.165) is 50.8 Å². The molecular weight excluding hydrogens is 835 g/mol. The SMILES string of the molecule is c1ccc(N(c2cc3ccccc3c3ccccc23)c2cc3c(c4ccccc24)c2c4ccccc4c(N(c4ccccc4)c4cc5ccccc5c5ccccc45)cc2n3-c2ccccc2)cc1. The number of anilines is 6. The van der Waals surface area contributed by atoms with Gasteiger partial charge in [-0.2, -0.15) is 0 Å². The molecule has 3 nitrogen and oxygen atoms in total. The summed E-state index contributed by atoms with van der Waals surface area (Å²) in [5.41, 5.74) is 10.1. The third-order valence-electron chi connectivity index (χ3n) is 14.2. The fourth-order valence-electron chi connectivity index (χ4n) is 11.3. The molecule has 0 N–H and O–H groups in total. The number of hydrogen-bond acceptors (Lipinski definition) is 2. The number of rotatable bonds is 7. The molecule has 0 saturated carbocycles. The predicted molar refractivity (Wildman–Crippen MR) is 295 cm³/mol. The summed E-state index contributed by atoms with van der Waals surface area (Å²) < 4.78 is 2.51. The zero-order valence-corrected chi connectivity index (χ0v) is 37.7. The maximum Gasteiger partial charge on any atom is 0.0568 e. The van der Waals surface area contributed by atoms with E-state index in [1.807, 2.05) is 0 Å². The Morgan fingerprint density at radius 1 is 0.232 bits per heavy atom. The summed E-state index contributed by atoms with van der Waals surface area (Å²) in [5, 5.41) is 17.0. The Bertz CT molecular complexity index is 4050. The van der Waals surface area contributed by atoms with Crippen LogP contribution in [0.3, 0.4) is 0 Å². The maximum absolute atomic E-state index is 2.51. The van der Waals surface area contributed by atoms with E-state index in [9.17, 15) is 0 Å². The van der Waals surface area contributed by atoms with Crippen molar-refractivity contribution in [3.05, 3.63) is 261 Å². The van der Waals surface area contributed by atoms with Crippen LogP contribution in [0.15, 0.2) is 261 Å². The molecule has 0 spiro atoms. The summed E-state index contributed by atoms with van der Waals surface area (Å²) in [6.07, 6.45) is 0. The molecule has 14 rings (SSSR count). The fourth-order valence-corrected chi connectivity index (χ4v) is 11.3. The van der Waals surface area contributed by atoms with Gasteiger partial charge in [-0.15, -0.1) is 0 Å². The van der Waals surface area contributed by atoms with E-state index >= 15 is 0 Å². The van der Waals surface area contributed by atoms with E-state index in [2.05, 4.69) is 275 Å². The molecule has 0 bridgehead atoms. The molecule has 13 aromatic carbocycles. The van der Waals surface area contributed by atoms with Crippen molar-refractivity contribution < 1.29 is 0 Å². The topological polar surface area (TPSA) is 11.4 Å². The second kappa shape index (κ2) is 15.7. The van der Waals surface area contributed by atoms with Gasteiger partial charge in [0.1, 0.15) is 0 Å². The van der Waals surface area contributed by atoms with Crippen molar-refractivity contribution in [3.8, 4) is 5.69 Å². The Morgan fingerprint density at radius 3 is 0.928 bits per heavy atom. The first kappa shape index (κ1) is 39.0. The van der Waals surface area contributed by atoms with Crippen LogP contribution >= 0.6 is 0 Å². The van der Waals surface area contributed by atoms with Crippen LogP contribution < -0.4 is 9.80 Å². The third kappa shape index (κ3) is 6.07. The van der Waals surface area contributed by atoms with Gasteiger partial charge in [0.25, 0.3) is 0 Å². The zero-order valence-electron chi connectivity index (χ0n) is 37.7. The van der Waals surface area contributed by atoms with Crippen LogP contribution in [0.1, 0.15) is 0 Å². The largest absolute Gasteiger partial charge is 0.309 e. The highest BCUT2D eigenvalue weighted by Crippen LogP contribution is 2.52. The van der Waals surface area contributed by atoms with Gasteiger partial charge in [0, 0.05) is 49.4 Å². The molecular formula is C66H43N3. The summed E-state index contributed by atoms with van der Waals surface area (Å²) in [6, 6.07) is 95.8. The van der Waals surface area contributed by atoms with Crippen molar-refractivity contribution in [2.75, 3.05) is 9.80 Å². The quantitative estimate of drug-likeness (QED) is 0.148. The first-order chi connectivity index (χ1) is 34.3. The molecule has 0 aliphatic rings. The van der Waals surface area contributed by atoms with Crippen LogP contribution in [0, 0.1) is 0 Å². The van der Waals surface area contributed by atoms with Crippen LogP contribution in [0.5, 0.6) is 0 Å². The standard InChI is InChI=1S/C66H43N3/c1-4-24-46(25-5-1)67(59-40-44-22-10-12-30-49(44)51-32-14-16-34-53(51)59)61-42-63-65(57-38-20-18-36-55(57)61)66-58-39-21-19-37-56(58)62(43-64(66)69(63)48-28-8-3-9-29-48)68(47-26-6-2-7-27-47)60-41-45-23-11-13-31-50(45)52-33-15-17-35-54(52)60/h1-43H. The van der Waals surface area contributed by atoms with E-state index < -0.39 is 0 Å². The van der Waals surface area contributed by atoms with E-state index in [-0.39, 0.29) is 0 Å². The number of para-hydroxylation sites is 3. The van der Waals surface area contributed by atoms with E-state index in [4.69, 9.17) is 0 Å². The lowest BCUT2D eigenvalue weighted by Crippen LogP contribution is -2.11. The smallest absolute Gasteiger partial charge is 0.0568 e. The number of aromatic nitrogens is 1. The van der Waals surface area contributed by atoms with Crippen molar-refractivity contribution in [1.29, 1.82) is 0 Å². The highest BCUT2D eigenvalue weighted by Gasteiger charge is 2.27. The van der Waals surface area contributed by atoms with Gasteiger partial charge in [0.2, 0.25) is 0 Å². The molecule has 0 amide bonds. The Balaban J connectivity index is 1.14. The summed E-state index contributed by atoms with van der Waals surface area (Å²) in [4.78, 5) is 4.99. The van der Waals surface area contributed by atoms with E-state index in [1.54, 1.807) is 0 Å². The van der Waals surface area contributed by atoms with Crippen LogP contribution in [-0.4, -0.2) is 4.57 Å². The molecule has 3 heteroatoms. The molecule has 0 saturated heterocycles. The van der Waals surface area contributed by atoms with Gasteiger partial charge in [-0.25, -0.2) is 0 Å². The minimum Gasteiger partial charge on any atom is -0.309 e. The minimum atomic E-state index is 1.10. The average Bonchev–Trinajstić information content (AvgIpc) is 3.76. The lowest BCUT2D eigenvalue weighted by atomic mass is 9.95. The Labute approximate surface area is 399 Å². The van der Waals surface area contributed by atoms with Gasteiger partial charge in [-0.1, -0.05) is 200 Å².